The van der Waals surface area contributed by atoms with Crippen molar-refractivity contribution in [3.63, 3.8) is 0 Å². The fourth-order valence-corrected chi connectivity index (χ4v) is 2.51. The van der Waals surface area contributed by atoms with Crippen LogP contribution in [0.2, 0.25) is 0 Å². The van der Waals surface area contributed by atoms with E-state index in [1.165, 1.54) is 6.92 Å². The number of esters is 1. The number of ether oxygens (including phenoxy) is 2. The van der Waals surface area contributed by atoms with Crippen LogP contribution in [-0.2, 0) is 23.9 Å². The Morgan fingerprint density at radius 1 is 1.13 bits per heavy atom. The summed E-state index contributed by atoms with van der Waals surface area (Å²) in [5, 5.41) is -0.717. The minimum Gasteiger partial charge on any atom is -0.428 e. The first-order valence-electron chi connectivity index (χ1n) is 7.18. The van der Waals surface area contributed by atoms with E-state index >= 15 is 0 Å². The molecule has 0 heterocycles. The summed E-state index contributed by atoms with van der Waals surface area (Å²) in [6, 6.07) is 0. The number of rotatable bonds is 9. The third-order valence-electron chi connectivity index (χ3n) is 3.09. The molecule has 0 fully saturated rings. The molecule has 0 aliphatic carbocycles. The van der Waals surface area contributed by atoms with E-state index in [1.807, 2.05) is 0 Å². The molecule has 0 aromatic heterocycles. The third-order valence-corrected chi connectivity index (χ3v) is 4.55. The average Bonchev–Trinajstić information content (AvgIpc) is 2.42. The van der Waals surface area contributed by atoms with Gasteiger partial charge in [0, 0.05) is 18.1 Å². The highest BCUT2D eigenvalue weighted by Crippen LogP contribution is 2.30. The summed E-state index contributed by atoms with van der Waals surface area (Å²) in [4.78, 5) is 46.6. The van der Waals surface area contributed by atoms with Crippen LogP contribution in [0.1, 0.15) is 41.0 Å². The Kier molecular flexibility index (Phi) is 9.53. The number of hydrogen-bond acceptors (Lipinski definition) is 8. The van der Waals surface area contributed by atoms with E-state index in [9.17, 15) is 19.2 Å². The van der Waals surface area contributed by atoms with Gasteiger partial charge in [-0.15, -0.1) is 0 Å². The van der Waals surface area contributed by atoms with Gasteiger partial charge >= 0.3 is 11.3 Å². The van der Waals surface area contributed by atoms with Gasteiger partial charge in [0.1, 0.15) is 11.6 Å². The Morgan fingerprint density at radius 3 is 2.13 bits per heavy atom. The zero-order valence-corrected chi connectivity index (χ0v) is 15.8. The summed E-state index contributed by atoms with van der Waals surface area (Å²) < 4.78 is 8.46. The third kappa shape index (κ3) is 8.41. The molecule has 0 aliphatic heterocycles. The summed E-state index contributed by atoms with van der Waals surface area (Å²) in [6.45, 7) is 7.40. The molecule has 0 aliphatic rings. The van der Waals surface area contributed by atoms with E-state index in [4.69, 9.17) is 9.47 Å². The lowest BCUT2D eigenvalue weighted by Crippen LogP contribution is -2.33. The molecular formula is C15H24O6S2. The quantitative estimate of drug-likeness (QED) is 0.382. The number of carbonyl (C=O) groups excluding carboxylic acids is 4. The first kappa shape index (κ1) is 22.0. The fraction of sp³-hybridized carbons (Fsp3) is 0.733. The van der Waals surface area contributed by atoms with Crippen LogP contribution in [0.3, 0.4) is 0 Å². The molecule has 0 bridgehead atoms. The Hall–Kier alpha value is -1.02. The largest absolute Gasteiger partial charge is 0.428 e. The zero-order valence-electron chi connectivity index (χ0n) is 14.1. The van der Waals surface area contributed by atoms with E-state index in [0.717, 1.165) is 0 Å². The Bertz CT molecular complexity index is 459. The van der Waals surface area contributed by atoms with Crippen LogP contribution in [0, 0.1) is 11.8 Å². The lowest BCUT2D eigenvalue weighted by Gasteiger charge is -2.23. The maximum Gasteiger partial charge on any atom is 0.371 e. The van der Waals surface area contributed by atoms with Crippen molar-refractivity contribution in [2.45, 2.75) is 45.8 Å². The topological polar surface area (TPSA) is 86.7 Å². The number of hydrogen-bond donors (Lipinski definition) is 1. The SMILES string of the molecule is CC(=O)[C@H](CS)CC(=O)C(C)(C)SC(=O)OCOC(=O)C(C)C. The summed E-state index contributed by atoms with van der Waals surface area (Å²) >= 11 is 4.75. The fourth-order valence-electron chi connectivity index (χ4n) is 1.40. The molecule has 0 rings (SSSR count). The number of Topliss-reactive ketones (excluding diaryl/α,β-unsaturated/α-hetero) is 2. The van der Waals surface area contributed by atoms with Crippen LogP contribution in [0.5, 0.6) is 0 Å². The highest BCUT2D eigenvalue weighted by atomic mass is 32.2. The van der Waals surface area contributed by atoms with Gasteiger partial charge in [0.25, 0.3) is 0 Å². The Morgan fingerprint density at radius 2 is 1.70 bits per heavy atom. The molecule has 1 atom stereocenters. The zero-order chi connectivity index (χ0) is 18.2. The van der Waals surface area contributed by atoms with Gasteiger partial charge in [0.05, 0.1) is 10.7 Å². The van der Waals surface area contributed by atoms with E-state index in [-0.39, 0.29) is 29.7 Å². The normalized spacial score (nSPS) is 12.7. The van der Waals surface area contributed by atoms with Crippen LogP contribution in [0.15, 0.2) is 0 Å². The van der Waals surface area contributed by atoms with Crippen molar-refractivity contribution in [2.75, 3.05) is 12.5 Å². The standard InChI is InChI=1S/C15H24O6S2/c1-9(2)13(18)20-8-21-14(19)23-15(4,5)12(17)6-11(7-22)10(3)16/h9,11,22H,6-8H2,1-5H3/t11-/m0/s1. The average molecular weight is 364 g/mol. The first-order chi connectivity index (χ1) is 10.5. The smallest absolute Gasteiger partial charge is 0.371 e. The molecule has 0 aromatic rings. The van der Waals surface area contributed by atoms with Crippen molar-refractivity contribution in [2.24, 2.45) is 11.8 Å². The second-order valence-electron chi connectivity index (χ2n) is 5.86. The van der Waals surface area contributed by atoms with Crippen molar-refractivity contribution in [1.82, 2.24) is 0 Å². The van der Waals surface area contributed by atoms with Crippen molar-refractivity contribution < 1.29 is 28.7 Å². The molecule has 0 amide bonds. The molecule has 0 unspecified atom stereocenters. The van der Waals surface area contributed by atoms with Crippen LogP contribution in [0.25, 0.3) is 0 Å². The first-order valence-corrected chi connectivity index (χ1v) is 8.63. The minimum absolute atomic E-state index is 0.0223. The maximum atomic E-state index is 12.2. The van der Waals surface area contributed by atoms with Gasteiger partial charge in [0.15, 0.2) is 0 Å². The second-order valence-corrected chi connectivity index (χ2v) is 7.78. The van der Waals surface area contributed by atoms with Crippen LogP contribution < -0.4 is 0 Å². The van der Waals surface area contributed by atoms with Gasteiger partial charge in [-0.3, -0.25) is 14.4 Å². The predicted octanol–water partition coefficient (Wildman–Crippen LogP) is 2.89. The molecule has 8 heteroatoms. The van der Waals surface area contributed by atoms with Gasteiger partial charge in [0.2, 0.25) is 6.79 Å². The van der Waals surface area contributed by atoms with Crippen molar-refractivity contribution in [3.05, 3.63) is 0 Å². The van der Waals surface area contributed by atoms with E-state index in [1.54, 1.807) is 27.7 Å². The van der Waals surface area contributed by atoms with E-state index in [0.29, 0.717) is 11.8 Å². The molecule has 0 saturated carbocycles. The van der Waals surface area contributed by atoms with Crippen LogP contribution in [0.4, 0.5) is 4.79 Å². The Balaban J connectivity index is 4.43. The van der Waals surface area contributed by atoms with Crippen molar-refractivity contribution >= 4 is 47.2 Å². The molecule has 6 nitrogen and oxygen atoms in total. The van der Waals surface area contributed by atoms with Crippen molar-refractivity contribution in [3.8, 4) is 0 Å². The maximum absolute atomic E-state index is 12.2. The van der Waals surface area contributed by atoms with Crippen molar-refractivity contribution in [1.29, 1.82) is 0 Å². The van der Waals surface area contributed by atoms with Gasteiger partial charge in [-0.25, -0.2) is 4.79 Å². The van der Waals surface area contributed by atoms with Gasteiger partial charge < -0.3 is 9.47 Å². The van der Waals surface area contributed by atoms with Gasteiger partial charge in [-0.1, -0.05) is 13.8 Å². The van der Waals surface area contributed by atoms with Crippen LogP contribution in [-0.4, -0.2) is 40.1 Å². The Labute approximate surface area is 146 Å². The number of carbonyl (C=O) groups is 4. The molecule has 0 aromatic carbocycles. The summed E-state index contributed by atoms with van der Waals surface area (Å²) in [6.07, 6.45) is 0.0223. The molecule has 0 saturated heterocycles. The van der Waals surface area contributed by atoms with E-state index < -0.39 is 28.7 Å². The molecular weight excluding hydrogens is 340 g/mol. The van der Waals surface area contributed by atoms with E-state index in [2.05, 4.69) is 12.6 Å². The second kappa shape index (κ2) is 9.97. The van der Waals surface area contributed by atoms with Gasteiger partial charge in [-0.05, 0) is 32.5 Å². The molecule has 23 heavy (non-hydrogen) atoms. The molecule has 0 radical (unpaired) electrons. The summed E-state index contributed by atoms with van der Waals surface area (Å²) in [5.74, 6) is -1.34. The number of thioether (sulfide) groups is 1. The summed E-state index contributed by atoms with van der Waals surface area (Å²) in [5.41, 5.74) is 0. The highest BCUT2D eigenvalue weighted by molar-refractivity contribution is 8.15. The highest BCUT2D eigenvalue weighted by Gasteiger charge is 2.34. The molecule has 0 N–H and O–H groups in total. The summed E-state index contributed by atoms with van der Waals surface area (Å²) in [7, 11) is 0. The number of ketones is 2. The van der Waals surface area contributed by atoms with Gasteiger partial charge in [-0.2, -0.15) is 12.6 Å². The monoisotopic (exact) mass is 364 g/mol. The lowest BCUT2D eigenvalue weighted by molar-refractivity contribution is -0.155. The molecule has 0 spiro atoms. The predicted molar refractivity (Wildman–Crippen MR) is 91.6 cm³/mol. The number of thiol groups is 1. The molecule has 132 valence electrons. The minimum atomic E-state index is -1.05. The van der Waals surface area contributed by atoms with Crippen LogP contribution >= 0.6 is 24.4 Å². The lowest BCUT2D eigenvalue weighted by atomic mass is 9.94.